The Morgan fingerprint density at radius 2 is 1.30 bits per heavy atom. The molecule has 3 saturated carbocycles. The molecule has 9 N–H and O–H groups in total. The molecule has 5 heterocycles. The summed E-state index contributed by atoms with van der Waals surface area (Å²) in [6, 6.07) is 0. The molecule has 9 rings (SSSR count). The summed E-state index contributed by atoms with van der Waals surface area (Å²) in [7, 11) is -9.89. The summed E-state index contributed by atoms with van der Waals surface area (Å²) in [5.41, 5.74) is -1.58. The fourth-order valence-electron chi connectivity index (χ4n) is 16.8. The summed E-state index contributed by atoms with van der Waals surface area (Å²) in [6.45, 7) is 13.8. The van der Waals surface area contributed by atoms with Gasteiger partial charge in [-0.15, -0.1) is 6.58 Å². The van der Waals surface area contributed by atoms with E-state index < -0.39 is 215 Å². The van der Waals surface area contributed by atoms with Gasteiger partial charge in [-0.2, -0.15) is 0 Å². The Hall–Kier alpha value is -0.560. The van der Waals surface area contributed by atoms with Gasteiger partial charge in [-0.1, -0.05) is 44.9 Å². The first kappa shape index (κ1) is 76.8. The number of carbonyl (C=O) groups is 2. The number of hydrogen-bond donors (Lipinski definition) is 9. The molecule has 28 atom stereocenters. The van der Waals surface area contributed by atoms with Crippen molar-refractivity contribution in [3.05, 3.63) is 23.8 Å². The molecule has 0 unspecified atom stereocenters. The van der Waals surface area contributed by atoms with Crippen molar-refractivity contribution in [3.8, 4) is 0 Å². The summed E-state index contributed by atoms with van der Waals surface area (Å²) in [6.07, 6.45) is -30.9. The van der Waals surface area contributed by atoms with Crippen LogP contribution in [0.4, 0.5) is 0 Å². The first-order valence-corrected chi connectivity index (χ1v) is 32.4. The van der Waals surface area contributed by atoms with Crippen LogP contribution in [0.3, 0.4) is 0 Å². The van der Waals surface area contributed by atoms with Gasteiger partial charge in [0.25, 0.3) is 0 Å². The van der Waals surface area contributed by atoms with Crippen LogP contribution in [-0.2, 0) is 90.9 Å². The van der Waals surface area contributed by atoms with Crippen LogP contribution in [0.15, 0.2) is 23.8 Å². The number of cyclic esters (lactones) is 1. The average Bonchev–Trinajstić information content (AvgIpc) is 1.45. The van der Waals surface area contributed by atoms with Crippen molar-refractivity contribution in [1.29, 1.82) is 0 Å². The molecule has 5 aliphatic heterocycles. The number of carbonyl (C=O) groups excluding carboxylic acids is 2. The third-order valence-electron chi connectivity index (χ3n) is 20.9. The van der Waals surface area contributed by atoms with Gasteiger partial charge in [-0.25, -0.2) is 16.8 Å². The second kappa shape index (κ2) is 29.1. The van der Waals surface area contributed by atoms with E-state index in [2.05, 4.69) is 34.9 Å². The van der Waals surface area contributed by atoms with Crippen molar-refractivity contribution in [2.24, 2.45) is 39.4 Å². The predicted octanol–water partition coefficient (Wildman–Crippen LogP) is -7.90. The minimum absolute atomic E-state index is 0. The summed E-state index contributed by atoms with van der Waals surface area (Å²) >= 11 is 0. The molecule has 9 aliphatic rings. The Bertz CT molecular complexity index is 2800. The number of aliphatic hydroxyl groups excluding tert-OH is 9. The molecular weight excluding hydrogens is 1260 g/mol. The van der Waals surface area contributed by atoms with Gasteiger partial charge in [0.2, 0.25) is 20.8 Å². The van der Waals surface area contributed by atoms with Crippen LogP contribution in [-0.4, -0.2) is 252 Å². The number of hydrogen-bond acceptors (Lipinski definition) is 30. The first-order valence-electron chi connectivity index (χ1n) is 29.7. The zero-order valence-corrected chi connectivity index (χ0v) is 57.9. The van der Waals surface area contributed by atoms with E-state index in [9.17, 15) is 81.5 Å². The maximum absolute atomic E-state index is 14.7. The molecule has 4 aliphatic carbocycles. The van der Waals surface area contributed by atoms with Crippen LogP contribution in [0.2, 0.25) is 0 Å². The average molecular weight is 1350 g/mol. The van der Waals surface area contributed by atoms with Gasteiger partial charge in [0.15, 0.2) is 25.2 Å². The number of methoxy groups -OCH3 is 1. The Kier molecular flexibility index (Phi) is 24.8. The Labute approximate surface area is 567 Å². The van der Waals surface area contributed by atoms with E-state index in [0.29, 0.717) is 44.9 Å². The molecule has 30 nitrogen and oxygen atoms in total. The molecule has 504 valence electrons. The first-order chi connectivity index (χ1) is 41.0. The van der Waals surface area contributed by atoms with Crippen molar-refractivity contribution in [2.75, 3.05) is 33.5 Å². The molecule has 90 heavy (non-hydrogen) atoms. The van der Waals surface area contributed by atoms with Crippen molar-refractivity contribution in [3.63, 3.8) is 0 Å². The number of esters is 2. The minimum Gasteiger partial charge on any atom is -0.726 e. The minimum atomic E-state index is -5.52. The van der Waals surface area contributed by atoms with Gasteiger partial charge >= 0.3 is 71.1 Å². The van der Waals surface area contributed by atoms with Gasteiger partial charge in [0.1, 0.15) is 103 Å². The number of allylic oxidation sites excluding steroid dienone is 3. The fraction of sp³-hybridized carbons (Fsp3) is 0.893. The van der Waals surface area contributed by atoms with Crippen molar-refractivity contribution >= 4 is 32.7 Å². The van der Waals surface area contributed by atoms with Crippen molar-refractivity contribution in [2.45, 2.75) is 241 Å². The van der Waals surface area contributed by atoms with Crippen LogP contribution in [0.1, 0.15) is 106 Å². The predicted molar refractivity (Wildman–Crippen MR) is 290 cm³/mol. The normalized spacial score (nSPS) is 46.6. The van der Waals surface area contributed by atoms with E-state index in [-0.39, 0.29) is 76.9 Å². The zero-order chi connectivity index (χ0) is 64.8. The number of rotatable bonds is 21. The fourth-order valence-corrected chi connectivity index (χ4v) is 17.6. The SMILES string of the molecule is C=C(C)CCC[C@]1(C)OC(=O)[C@]23CC[C@H]4C(=CC[C@H]5C(C)(C)[C@@H](O[C@@H]6OC[C@@H](OS(=O)(=O)[O-])[C@H](O)[C@H]6O[C@@H]6O[C@H](CO)[C@@H](O[C@@H]7O[C@H](COS(=O)(=O)[O-])[C@@H](O)[C@H](O[C@@H]8O[C@H](CO)[C@@H](O)[C@H](OC)[C@H]8O)[C@H]7O)[C@H](O)[C@H]6O)CC[C@]45C)[C@]2(C)C[C@H](OC(C)=O)[C@@H]31.[Na+].[Na+]. The standard InChI is InChI=1S/C56H88O30S2.2Na/c1-24(2)11-10-16-55(8)46-28(77-25(3)59)19-54(7)27-12-13-33-52(4,5)34(15-17-53(33,6)26(27)14-18-56(46,54)51(67)85-55)81-50-45(37(62)32(22-75-50)86-88(71,72)73)84-47-39(64)38(63)42(30(21-58)79-47)82-49-41(66)44(36(61)31(80-49)23-76-87(68,69)70)83-48-40(65)43(74-9)35(60)29(20-57)78-48;;/h12,26,28-50,57-58,60-66H,1,10-11,13-23H2,2-9H3,(H,68,69,70)(H,71,72,73);;/q;2*+1/p-2/t26-,28-,29+,30+,31+,32+,33-,34-,35+,36+,37-,38+,39+,40+,41+,42+,43-,44-,45+,46+,47-,48-,49-,50-,53+,54-,55-,56+;;/m0../s1. The summed E-state index contributed by atoms with van der Waals surface area (Å²) in [4.78, 5) is 27.5. The zero-order valence-electron chi connectivity index (χ0n) is 52.2. The van der Waals surface area contributed by atoms with Gasteiger partial charge in [-0.3, -0.25) is 18.0 Å². The largest absolute Gasteiger partial charge is 1.00 e. The molecule has 0 radical (unpaired) electrons. The maximum atomic E-state index is 14.7. The molecule has 0 amide bonds. The van der Waals surface area contributed by atoms with Gasteiger partial charge in [-0.05, 0) is 94.3 Å². The third-order valence-corrected chi connectivity index (χ3v) is 21.8. The van der Waals surface area contributed by atoms with Crippen LogP contribution < -0.4 is 59.1 Å². The Balaban J connectivity index is 0.00000576. The molecule has 0 bridgehead atoms. The van der Waals surface area contributed by atoms with E-state index in [4.69, 9.17) is 52.1 Å². The van der Waals surface area contributed by atoms with E-state index in [1.54, 1.807) is 0 Å². The molecule has 34 heteroatoms. The monoisotopic (exact) mass is 1350 g/mol. The van der Waals surface area contributed by atoms with Gasteiger partial charge in [0, 0.05) is 19.4 Å². The summed E-state index contributed by atoms with van der Waals surface area (Å²) < 4.78 is 145. The molecule has 0 aromatic rings. The quantitative estimate of drug-likeness (QED) is 0.0169. The Morgan fingerprint density at radius 1 is 0.711 bits per heavy atom. The van der Waals surface area contributed by atoms with Crippen molar-refractivity contribution < 1.29 is 201 Å². The molecule has 1 spiro atoms. The molecule has 0 aromatic carbocycles. The number of fused-ring (bicyclic) bond motifs is 4. The van der Waals surface area contributed by atoms with E-state index >= 15 is 0 Å². The third kappa shape index (κ3) is 14.5. The molecule has 5 saturated heterocycles. The van der Waals surface area contributed by atoms with E-state index in [0.717, 1.165) is 31.1 Å². The maximum Gasteiger partial charge on any atom is 1.00 e. The van der Waals surface area contributed by atoms with Crippen LogP contribution in [0, 0.1) is 39.4 Å². The van der Waals surface area contributed by atoms with Gasteiger partial charge < -0.3 is 107 Å². The molecule has 0 aromatic heterocycles. The van der Waals surface area contributed by atoms with Crippen LogP contribution in [0.25, 0.3) is 0 Å². The number of ether oxygens (including phenoxy) is 11. The molecular formula is C56H86Na2O30S2. The second-order valence-corrected chi connectivity index (χ2v) is 28.6. The summed E-state index contributed by atoms with van der Waals surface area (Å²) in [5.74, 6) is -1.25. The smallest absolute Gasteiger partial charge is 0.726 e. The Morgan fingerprint density at radius 3 is 1.90 bits per heavy atom. The van der Waals surface area contributed by atoms with Crippen molar-refractivity contribution in [1.82, 2.24) is 0 Å². The summed E-state index contributed by atoms with van der Waals surface area (Å²) in [5, 5.41) is 100. The van der Waals surface area contributed by atoms with Crippen LogP contribution >= 0.6 is 0 Å². The number of aliphatic hydroxyl groups is 9. The van der Waals surface area contributed by atoms with E-state index in [1.165, 1.54) is 6.92 Å². The van der Waals surface area contributed by atoms with E-state index in [1.807, 2.05) is 27.7 Å². The van der Waals surface area contributed by atoms with Crippen LogP contribution in [0.5, 0.6) is 0 Å². The second-order valence-electron chi connectivity index (χ2n) is 26.5. The topological polar surface area (TPSA) is 451 Å². The molecule has 8 fully saturated rings. The van der Waals surface area contributed by atoms with Gasteiger partial charge in [0.05, 0.1) is 43.9 Å².